The van der Waals surface area contributed by atoms with E-state index in [1.165, 1.54) is 4.88 Å². The third-order valence-corrected chi connectivity index (χ3v) is 11.0. The minimum Gasteiger partial charge on any atom is -0.384 e. The number of piperidine rings is 1. The van der Waals surface area contributed by atoms with Gasteiger partial charge in [-0.2, -0.15) is 5.10 Å². The Labute approximate surface area is 308 Å². The number of carbonyl (C=O) groups excluding carboxylic acids is 3. The summed E-state index contributed by atoms with van der Waals surface area (Å²) in [7, 11) is 0. The number of fused-ring (bicyclic) bond motifs is 4. The van der Waals surface area contributed by atoms with Gasteiger partial charge in [0.05, 0.1) is 23.7 Å². The quantitative estimate of drug-likeness (QED) is 0.122. The van der Waals surface area contributed by atoms with Crippen LogP contribution in [0.25, 0.3) is 15.8 Å². The van der Waals surface area contributed by atoms with Crippen LogP contribution in [-0.2, 0) is 14.4 Å². The van der Waals surface area contributed by atoms with Crippen LogP contribution < -0.4 is 21.5 Å². The molecule has 1 saturated heterocycles. The summed E-state index contributed by atoms with van der Waals surface area (Å²) in [6, 6.07) is 11.7. The first-order chi connectivity index (χ1) is 25.1. The minimum atomic E-state index is -0.814. The van der Waals surface area contributed by atoms with Gasteiger partial charge in [0.2, 0.25) is 11.8 Å². The van der Waals surface area contributed by atoms with Gasteiger partial charge < -0.3 is 10.6 Å². The second-order valence-corrected chi connectivity index (χ2v) is 14.7. The van der Waals surface area contributed by atoms with Crippen molar-refractivity contribution in [3.63, 3.8) is 0 Å². The molecule has 0 bridgehead atoms. The van der Waals surface area contributed by atoms with Crippen LogP contribution in [0.3, 0.4) is 0 Å². The number of hydrogen-bond donors (Lipinski definition) is 3. The number of hydrogen-bond acceptors (Lipinski definition) is 10. The Morgan fingerprint density at radius 3 is 2.58 bits per heavy atom. The second kappa shape index (κ2) is 14.8. The van der Waals surface area contributed by atoms with Crippen molar-refractivity contribution in [2.75, 3.05) is 18.4 Å². The van der Waals surface area contributed by atoms with Crippen LogP contribution in [0, 0.1) is 20.8 Å². The van der Waals surface area contributed by atoms with Gasteiger partial charge in [-0.05, 0) is 76.3 Å². The predicted molar refractivity (Wildman–Crippen MR) is 201 cm³/mol. The monoisotopic (exact) mass is 739 g/mol. The van der Waals surface area contributed by atoms with E-state index in [1.54, 1.807) is 29.7 Å². The molecule has 2 aromatic carbocycles. The summed E-state index contributed by atoms with van der Waals surface area (Å²) in [5.74, 6) is 0.413. The van der Waals surface area contributed by atoms with Crippen LogP contribution in [0.1, 0.15) is 83.8 Å². The van der Waals surface area contributed by atoms with Crippen molar-refractivity contribution < 1.29 is 14.4 Å². The van der Waals surface area contributed by atoms with Gasteiger partial charge in [0, 0.05) is 51.6 Å². The number of nitrogens with one attached hydrogen (secondary N) is 3. The second-order valence-electron chi connectivity index (χ2n) is 13.1. The highest BCUT2D eigenvalue weighted by Gasteiger charge is 2.33. The summed E-state index contributed by atoms with van der Waals surface area (Å²) in [5.41, 5.74) is 4.29. The van der Waals surface area contributed by atoms with E-state index in [1.807, 2.05) is 41.8 Å². The Balaban J connectivity index is 0.954. The maximum atomic E-state index is 13.3. The van der Waals surface area contributed by atoms with Gasteiger partial charge in [-0.25, -0.2) is 4.68 Å². The molecule has 268 valence electrons. The fraction of sp³-hybridized carbons (Fsp3) is 0.351. The SMILES string of the molecule is Cc1sc2c(c1C)C(c1ccc(Cl)cc1)=N[C@@H](CC(=O)NCCCCCNc1cccc3c(=O)n(C4CCC(=O)NC4=O)ncc13)c1nnc(C)n1-2. The molecule has 0 saturated carbocycles. The number of aryl methyl sites for hydroxylation is 2. The molecule has 0 radical (unpaired) electrons. The van der Waals surface area contributed by atoms with Crippen molar-refractivity contribution in [2.45, 2.75) is 71.4 Å². The first kappa shape index (κ1) is 35.2. The Morgan fingerprint density at radius 2 is 1.79 bits per heavy atom. The van der Waals surface area contributed by atoms with Gasteiger partial charge in [0.25, 0.3) is 11.5 Å². The van der Waals surface area contributed by atoms with E-state index < -0.39 is 18.0 Å². The molecule has 0 spiro atoms. The molecule has 52 heavy (non-hydrogen) atoms. The maximum absolute atomic E-state index is 13.3. The zero-order chi connectivity index (χ0) is 36.5. The van der Waals surface area contributed by atoms with Gasteiger partial charge >= 0.3 is 0 Å². The molecular weight excluding hydrogens is 702 g/mol. The van der Waals surface area contributed by atoms with Crippen molar-refractivity contribution in [3.05, 3.63) is 97.3 Å². The van der Waals surface area contributed by atoms with Crippen molar-refractivity contribution in [3.8, 4) is 5.00 Å². The van der Waals surface area contributed by atoms with E-state index in [-0.39, 0.29) is 36.6 Å². The van der Waals surface area contributed by atoms with Crippen LogP contribution in [0.2, 0.25) is 5.02 Å². The van der Waals surface area contributed by atoms with Gasteiger partial charge in [-0.15, -0.1) is 21.5 Å². The lowest BCUT2D eigenvalue weighted by Gasteiger charge is -2.22. The molecule has 13 nitrogen and oxygen atoms in total. The molecule has 3 aromatic heterocycles. The number of rotatable bonds is 11. The summed E-state index contributed by atoms with van der Waals surface area (Å²) in [6.45, 7) is 7.29. The average molecular weight is 740 g/mol. The number of halogens is 1. The highest BCUT2D eigenvalue weighted by atomic mass is 35.5. The van der Waals surface area contributed by atoms with Gasteiger partial charge in [-0.3, -0.25) is 34.1 Å². The number of benzene rings is 2. The molecule has 15 heteroatoms. The lowest BCUT2D eigenvalue weighted by molar-refractivity contribution is -0.136. The summed E-state index contributed by atoms with van der Waals surface area (Å²) in [4.78, 5) is 56.8. The largest absolute Gasteiger partial charge is 0.384 e. The lowest BCUT2D eigenvalue weighted by Crippen LogP contribution is -2.45. The van der Waals surface area contributed by atoms with E-state index in [2.05, 4.69) is 45.1 Å². The van der Waals surface area contributed by atoms with Gasteiger partial charge in [-0.1, -0.05) is 29.8 Å². The van der Waals surface area contributed by atoms with E-state index >= 15 is 0 Å². The molecule has 2 aliphatic rings. The Bertz CT molecular complexity index is 2290. The van der Waals surface area contributed by atoms with Crippen molar-refractivity contribution in [1.29, 1.82) is 0 Å². The van der Waals surface area contributed by atoms with E-state index in [9.17, 15) is 19.2 Å². The number of nitrogens with zero attached hydrogens (tertiary/aromatic N) is 6. The molecule has 1 unspecified atom stereocenters. The van der Waals surface area contributed by atoms with Gasteiger partial charge in [0.1, 0.15) is 22.9 Å². The topological polar surface area (TPSA) is 165 Å². The molecule has 0 aliphatic carbocycles. The van der Waals surface area contributed by atoms with Crippen LogP contribution in [-0.4, -0.2) is 61.1 Å². The molecule has 5 heterocycles. The number of anilines is 1. The normalized spacial score (nSPS) is 16.9. The zero-order valence-corrected chi connectivity index (χ0v) is 30.6. The van der Waals surface area contributed by atoms with Crippen molar-refractivity contribution in [2.24, 2.45) is 4.99 Å². The summed E-state index contributed by atoms with van der Waals surface area (Å²) < 4.78 is 3.20. The molecule has 2 atom stereocenters. The Hall–Kier alpha value is -5.21. The highest BCUT2D eigenvalue weighted by Crippen LogP contribution is 2.39. The summed E-state index contributed by atoms with van der Waals surface area (Å²) in [5, 5.41) is 24.6. The molecule has 3 N–H and O–H groups in total. The minimum absolute atomic E-state index is 0.112. The first-order valence-corrected chi connectivity index (χ1v) is 18.5. The number of thiophene rings is 1. The van der Waals surface area contributed by atoms with Gasteiger partial charge in [0.15, 0.2) is 5.82 Å². The van der Waals surface area contributed by atoms with Crippen molar-refractivity contribution in [1.82, 2.24) is 35.2 Å². The fourth-order valence-corrected chi connectivity index (χ4v) is 8.08. The Kier molecular flexibility index (Phi) is 10.0. The predicted octanol–water partition coefficient (Wildman–Crippen LogP) is 5.28. The standard InChI is InChI=1S/C37H38ClN9O4S/c1-20-21(2)52-37-32(20)33(23-10-12-24(38)13-11-23)42-28(34-45-44-22(3)46(34)37)18-31(49)40-17-6-4-5-16-39-27-9-7-8-25-26(27)19-41-47(36(25)51)29-14-15-30(48)43-35(29)50/h7-13,19,28-29,39H,4-6,14-18H2,1-3H3,(H,40,49)(H,43,48,50)/t28-,29?/m0/s1. The van der Waals surface area contributed by atoms with Crippen LogP contribution in [0.4, 0.5) is 5.69 Å². The lowest BCUT2D eigenvalue weighted by atomic mass is 9.99. The summed E-state index contributed by atoms with van der Waals surface area (Å²) in [6.07, 6.45) is 4.61. The maximum Gasteiger partial charge on any atom is 0.275 e. The third kappa shape index (κ3) is 6.87. The van der Waals surface area contributed by atoms with E-state index in [0.717, 1.165) is 62.9 Å². The van der Waals surface area contributed by atoms with E-state index in [0.29, 0.717) is 34.7 Å². The number of imide groups is 1. The number of aliphatic imine (C=N–C) groups is 1. The number of carbonyl (C=O) groups is 3. The highest BCUT2D eigenvalue weighted by molar-refractivity contribution is 7.15. The first-order valence-electron chi connectivity index (χ1n) is 17.3. The molecule has 5 aromatic rings. The van der Waals surface area contributed by atoms with Crippen LogP contribution in [0.5, 0.6) is 0 Å². The molecule has 1 fully saturated rings. The van der Waals surface area contributed by atoms with Crippen LogP contribution >= 0.6 is 22.9 Å². The Morgan fingerprint density at radius 1 is 1.00 bits per heavy atom. The number of aromatic nitrogens is 5. The number of amides is 3. The summed E-state index contributed by atoms with van der Waals surface area (Å²) >= 11 is 7.89. The van der Waals surface area contributed by atoms with Crippen LogP contribution in [0.15, 0.2) is 58.4 Å². The molecular formula is C37H38ClN9O4S. The van der Waals surface area contributed by atoms with E-state index in [4.69, 9.17) is 16.6 Å². The van der Waals surface area contributed by atoms with Crippen molar-refractivity contribution >= 4 is 62.8 Å². The average Bonchev–Trinajstić information content (AvgIpc) is 3.60. The molecule has 3 amide bonds. The zero-order valence-electron chi connectivity index (χ0n) is 29.0. The number of unbranched alkanes of at least 4 members (excludes halogenated alkanes) is 2. The fourth-order valence-electron chi connectivity index (χ4n) is 6.74. The molecule has 2 aliphatic heterocycles. The molecule has 7 rings (SSSR count). The smallest absolute Gasteiger partial charge is 0.275 e. The third-order valence-electron chi connectivity index (χ3n) is 9.59.